The van der Waals surface area contributed by atoms with Crippen molar-refractivity contribution in [2.45, 2.75) is 32.3 Å². The molecule has 0 atom stereocenters. The summed E-state index contributed by atoms with van der Waals surface area (Å²) in [7, 11) is 0. The van der Waals surface area contributed by atoms with Crippen molar-refractivity contribution in [3.8, 4) is 5.75 Å². The van der Waals surface area contributed by atoms with Crippen LogP contribution >= 0.6 is 11.8 Å². The number of fused-ring (bicyclic) bond motifs is 1. The van der Waals surface area contributed by atoms with Crippen LogP contribution in [0.25, 0.3) is 11.0 Å². The van der Waals surface area contributed by atoms with E-state index in [0.29, 0.717) is 18.3 Å². The van der Waals surface area contributed by atoms with E-state index in [1.165, 1.54) is 11.8 Å². The average Bonchev–Trinajstić information content (AvgIpc) is 3.16. The van der Waals surface area contributed by atoms with Crippen molar-refractivity contribution in [1.82, 2.24) is 14.9 Å². The van der Waals surface area contributed by atoms with E-state index in [0.717, 1.165) is 34.5 Å². The number of rotatable bonds is 10. The SMILES string of the molecule is CCCN(CC(=O)Nc1ccccc1C)C(=O)CSc1nc2ccc(OCC)cc2[nH]1. The Morgan fingerprint density at radius 3 is 2.74 bits per heavy atom. The van der Waals surface area contributed by atoms with E-state index in [1.54, 1.807) is 4.90 Å². The van der Waals surface area contributed by atoms with Gasteiger partial charge in [-0.3, -0.25) is 9.59 Å². The van der Waals surface area contributed by atoms with Crippen molar-refractivity contribution < 1.29 is 14.3 Å². The number of benzene rings is 2. The molecule has 3 aromatic rings. The second kappa shape index (κ2) is 10.9. The van der Waals surface area contributed by atoms with E-state index >= 15 is 0 Å². The first kappa shape index (κ1) is 22.7. The minimum atomic E-state index is -0.201. The third-order valence-corrected chi connectivity index (χ3v) is 5.53. The van der Waals surface area contributed by atoms with Crippen molar-refractivity contribution in [2.24, 2.45) is 0 Å². The van der Waals surface area contributed by atoms with Gasteiger partial charge in [-0.1, -0.05) is 36.9 Å². The second-order valence-electron chi connectivity index (χ2n) is 7.12. The molecule has 3 rings (SSSR count). The fourth-order valence-electron chi connectivity index (χ4n) is 3.15. The molecule has 31 heavy (non-hydrogen) atoms. The lowest BCUT2D eigenvalue weighted by atomic mass is 10.2. The van der Waals surface area contributed by atoms with Gasteiger partial charge in [-0.15, -0.1) is 0 Å². The number of aryl methyl sites for hydroxylation is 1. The Labute approximate surface area is 186 Å². The van der Waals surface area contributed by atoms with Gasteiger partial charge in [0, 0.05) is 18.3 Å². The summed E-state index contributed by atoms with van der Waals surface area (Å²) in [5.41, 5.74) is 3.43. The highest BCUT2D eigenvalue weighted by Crippen LogP contribution is 2.23. The number of para-hydroxylation sites is 1. The molecule has 8 heteroatoms. The smallest absolute Gasteiger partial charge is 0.244 e. The lowest BCUT2D eigenvalue weighted by Gasteiger charge is -2.21. The third kappa shape index (κ3) is 6.24. The highest BCUT2D eigenvalue weighted by Gasteiger charge is 2.18. The summed E-state index contributed by atoms with van der Waals surface area (Å²) >= 11 is 1.33. The predicted octanol–water partition coefficient (Wildman–Crippen LogP) is 4.24. The summed E-state index contributed by atoms with van der Waals surface area (Å²) < 4.78 is 5.51. The van der Waals surface area contributed by atoms with Crippen molar-refractivity contribution in [1.29, 1.82) is 0 Å². The van der Waals surface area contributed by atoms with Crippen molar-refractivity contribution in [3.63, 3.8) is 0 Å². The maximum atomic E-state index is 12.8. The molecule has 0 saturated heterocycles. The third-order valence-electron chi connectivity index (χ3n) is 4.67. The van der Waals surface area contributed by atoms with E-state index in [-0.39, 0.29) is 24.1 Å². The van der Waals surface area contributed by atoms with E-state index in [1.807, 2.05) is 63.2 Å². The van der Waals surface area contributed by atoms with Crippen LogP contribution in [0.3, 0.4) is 0 Å². The van der Waals surface area contributed by atoms with Gasteiger partial charge in [-0.2, -0.15) is 0 Å². The Hall–Kier alpha value is -3.00. The second-order valence-corrected chi connectivity index (χ2v) is 8.09. The number of thioether (sulfide) groups is 1. The predicted molar refractivity (Wildman–Crippen MR) is 125 cm³/mol. The van der Waals surface area contributed by atoms with Crippen LogP contribution in [0, 0.1) is 6.92 Å². The summed E-state index contributed by atoms with van der Waals surface area (Å²) in [6.45, 7) is 7.01. The van der Waals surface area contributed by atoms with Crippen LogP contribution in [0.4, 0.5) is 5.69 Å². The van der Waals surface area contributed by atoms with Gasteiger partial charge in [0.1, 0.15) is 5.75 Å². The lowest BCUT2D eigenvalue weighted by Crippen LogP contribution is -2.39. The van der Waals surface area contributed by atoms with Gasteiger partial charge in [0.25, 0.3) is 0 Å². The molecule has 2 aromatic carbocycles. The number of imidazole rings is 1. The first-order valence-corrected chi connectivity index (χ1v) is 11.4. The molecule has 0 bridgehead atoms. The molecule has 1 heterocycles. The number of nitrogens with one attached hydrogen (secondary N) is 2. The number of aromatic amines is 1. The van der Waals surface area contributed by atoms with Crippen molar-refractivity contribution in [3.05, 3.63) is 48.0 Å². The Morgan fingerprint density at radius 1 is 1.19 bits per heavy atom. The molecule has 164 valence electrons. The molecule has 0 spiro atoms. The number of nitrogens with zero attached hydrogens (tertiary/aromatic N) is 2. The van der Waals surface area contributed by atoms with E-state index in [2.05, 4.69) is 15.3 Å². The van der Waals surface area contributed by atoms with Gasteiger partial charge in [0.05, 0.1) is 29.9 Å². The topological polar surface area (TPSA) is 87.3 Å². The molecule has 0 saturated carbocycles. The number of hydrogen-bond donors (Lipinski definition) is 2. The van der Waals surface area contributed by atoms with Gasteiger partial charge in [-0.25, -0.2) is 4.98 Å². The summed E-state index contributed by atoms with van der Waals surface area (Å²) in [6, 6.07) is 13.3. The number of hydrogen-bond acceptors (Lipinski definition) is 5. The van der Waals surface area contributed by atoms with Gasteiger partial charge in [0.2, 0.25) is 11.8 Å². The number of carbonyl (C=O) groups is 2. The molecule has 1 aromatic heterocycles. The minimum absolute atomic E-state index is 0.0272. The molecule has 2 amide bonds. The Morgan fingerprint density at radius 2 is 2.00 bits per heavy atom. The monoisotopic (exact) mass is 440 g/mol. The summed E-state index contributed by atoms with van der Waals surface area (Å²) in [6.07, 6.45) is 0.777. The maximum absolute atomic E-state index is 12.8. The number of H-pyrrole nitrogens is 1. The highest BCUT2D eigenvalue weighted by atomic mass is 32.2. The van der Waals surface area contributed by atoms with Crippen LogP contribution in [-0.4, -0.2) is 52.1 Å². The van der Waals surface area contributed by atoms with E-state index < -0.39 is 0 Å². The number of carbonyl (C=O) groups excluding carboxylic acids is 2. The molecule has 0 aliphatic rings. The largest absolute Gasteiger partial charge is 0.494 e. The van der Waals surface area contributed by atoms with Gasteiger partial charge < -0.3 is 19.9 Å². The summed E-state index contributed by atoms with van der Waals surface area (Å²) in [4.78, 5) is 34.6. The molecule has 0 radical (unpaired) electrons. The average molecular weight is 441 g/mol. The van der Waals surface area contributed by atoms with Crippen LogP contribution in [0.1, 0.15) is 25.8 Å². The van der Waals surface area contributed by atoms with Crippen LogP contribution in [0.5, 0.6) is 5.75 Å². The molecule has 7 nitrogen and oxygen atoms in total. The van der Waals surface area contributed by atoms with Crippen LogP contribution in [0.2, 0.25) is 0 Å². The van der Waals surface area contributed by atoms with Crippen LogP contribution in [0.15, 0.2) is 47.6 Å². The zero-order chi connectivity index (χ0) is 22.2. The normalized spacial score (nSPS) is 10.8. The molecule has 0 aliphatic heterocycles. The Balaban J connectivity index is 1.59. The van der Waals surface area contributed by atoms with Gasteiger partial charge in [0.15, 0.2) is 5.16 Å². The highest BCUT2D eigenvalue weighted by molar-refractivity contribution is 7.99. The lowest BCUT2D eigenvalue weighted by molar-refractivity contribution is -0.132. The van der Waals surface area contributed by atoms with E-state index in [9.17, 15) is 9.59 Å². The Bertz CT molecular complexity index is 1050. The van der Waals surface area contributed by atoms with Gasteiger partial charge in [-0.05, 0) is 44.0 Å². The maximum Gasteiger partial charge on any atom is 0.244 e. The number of ether oxygens (including phenoxy) is 1. The van der Waals surface area contributed by atoms with Crippen LogP contribution < -0.4 is 10.1 Å². The number of amides is 2. The molecule has 0 fully saturated rings. The summed E-state index contributed by atoms with van der Waals surface area (Å²) in [5, 5.41) is 3.56. The zero-order valence-electron chi connectivity index (χ0n) is 18.1. The molecule has 0 aliphatic carbocycles. The van der Waals surface area contributed by atoms with Gasteiger partial charge >= 0.3 is 0 Å². The quantitative estimate of drug-likeness (QED) is 0.461. The number of anilines is 1. The van der Waals surface area contributed by atoms with Crippen LogP contribution in [-0.2, 0) is 9.59 Å². The summed E-state index contributed by atoms with van der Waals surface area (Å²) in [5.74, 6) is 0.686. The molecule has 2 N–H and O–H groups in total. The fraction of sp³-hybridized carbons (Fsp3) is 0.348. The fourth-order valence-corrected chi connectivity index (χ4v) is 3.94. The molecular formula is C23H28N4O3S. The Kier molecular flexibility index (Phi) is 7.94. The molecular weight excluding hydrogens is 412 g/mol. The first-order valence-electron chi connectivity index (χ1n) is 10.4. The molecule has 0 unspecified atom stereocenters. The first-order chi connectivity index (χ1) is 15.0. The standard InChI is InChI=1S/C23H28N4O3S/c1-4-12-27(14-21(28)24-18-9-7-6-8-16(18)3)22(29)15-31-23-25-19-11-10-17(30-5-2)13-20(19)26-23/h6-11,13H,4-5,12,14-15H2,1-3H3,(H,24,28)(H,25,26). The van der Waals surface area contributed by atoms with Crippen molar-refractivity contribution >= 4 is 40.3 Å². The minimum Gasteiger partial charge on any atom is -0.494 e. The van der Waals surface area contributed by atoms with E-state index in [4.69, 9.17) is 4.74 Å². The van der Waals surface area contributed by atoms with Crippen molar-refractivity contribution in [2.75, 3.05) is 30.8 Å². The number of aromatic nitrogens is 2. The zero-order valence-corrected chi connectivity index (χ0v) is 18.9.